The normalized spacial score (nSPS) is 19.1. The van der Waals surface area contributed by atoms with E-state index in [1.807, 2.05) is 30.3 Å². The number of para-hydroxylation sites is 1. The second kappa shape index (κ2) is 9.21. The molecular weight excluding hydrogens is 408 g/mol. The lowest BCUT2D eigenvalue weighted by atomic mass is 9.94. The minimum Gasteiger partial charge on any atom is -0.366 e. The highest BCUT2D eigenvalue weighted by molar-refractivity contribution is 6.00. The van der Waals surface area contributed by atoms with Crippen LogP contribution in [0.25, 0.3) is 0 Å². The smallest absolute Gasteiger partial charge is 0.248 e. The SMILES string of the molecule is NC(=O)c1ccc(NC(=O)C2CCN(C(=O)C3CC(=O)N(c4ccccc4)C3)CC2)cc1. The van der Waals surface area contributed by atoms with E-state index in [4.69, 9.17) is 5.73 Å². The monoisotopic (exact) mass is 434 g/mol. The van der Waals surface area contributed by atoms with Gasteiger partial charge in [0.1, 0.15) is 0 Å². The molecule has 4 amide bonds. The number of carbonyl (C=O) groups excluding carboxylic acids is 4. The minimum absolute atomic E-state index is 0.0160. The highest BCUT2D eigenvalue weighted by atomic mass is 16.2. The number of likely N-dealkylation sites (tertiary alicyclic amines) is 1. The number of carbonyl (C=O) groups is 4. The molecule has 2 saturated heterocycles. The largest absolute Gasteiger partial charge is 0.366 e. The molecule has 2 aliphatic heterocycles. The number of anilines is 2. The fourth-order valence-corrected chi connectivity index (χ4v) is 4.31. The molecule has 0 spiro atoms. The van der Waals surface area contributed by atoms with Gasteiger partial charge in [0, 0.05) is 48.9 Å². The molecule has 0 aliphatic carbocycles. The highest BCUT2D eigenvalue weighted by Gasteiger charge is 2.38. The second-order valence-corrected chi connectivity index (χ2v) is 8.27. The van der Waals surface area contributed by atoms with Crippen molar-refractivity contribution in [1.29, 1.82) is 0 Å². The van der Waals surface area contributed by atoms with Crippen LogP contribution in [-0.4, -0.2) is 48.2 Å². The van der Waals surface area contributed by atoms with E-state index in [1.54, 1.807) is 34.1 Å². The Morgan fingerprint density at radius 1 is 0.906 bits per heavy atom. The van der Waals surface area contributed by atoms with E-state index in [9.17, 15) is 19.2 Å². The predicted molar refractivity (Wildman–Crippen MR) is 120 cm³/mol. The molecule has 166 valence electrons. The van der Waals surface area contributed by atoms with E-state index >= 15 is 0 Å². The maximum absolute atomic E-state index is 13.0. The van der Waals surface area contributed by atoms with Crippen molar-refractivity contribution in [3.63, 3.8) is 0 Å². The van der Waals surface area contributed by atoms with Gasteiger partial charge in [-0.05, 0) is 49.2 Å². The van der Waals surface area contributed by atoms with Crippen LogP contribution in [0.1, 0.15) is 29.6 Å². The van der Waals surface area contributed by atoms with Gasteiger partial charge in [0.25, 0.3) is 0 Å². The summed E-state index contributed by atoms with van der Waals surface area (Å²) in [5, 5.41) is 2.86. The van der Waals surface area contributed by atoms with Crippen LogP contribution in [0.15, 0.2) is 54.6 Å². The molecule has 8 heteroatoms. The summed E-state index contributed by atoms with van der Waals surface area (Å²) in [6.07, 6.45) is 1.36. The number of hydrogen-bond acceptors (Lipinski definition) is 4. The molecule has 4 rings (SSSR count). The fraction of sp³-hybridized carbons (Fsp3) is 0.333. The van der Waals surface area contributed by atoms with Crippen LogP contribution >= 0.6 is 0 Å². The third-order valence-electron chi connectivity index (χ3n) is 6.16. The molecule has 0 bridgehead atoms. The third kappa shape index (κ3) is 4.64. The Morgan fingerprint density at radius 3 is 2.19 bits per heavy atom. The Bertz CT molecular complexity index is 1010. The van der Waals surface area contributed by atoms with Crippen molar-refractivity contribution in [2.45, 2.75) is 19.3 Å². The van der Waals surface area contributed by atoms with Crippen LogP contribution in [-0.2, 0) is 14.4 Å². The minimum atomic E-state index is -0.518. The lowest BCUT2D eigenvalue weighted by Crippen LogP contribution is -2.44. The molecule has 2 aromatic rings. The molecule has 2 aliphatic rings. The van der Waals surface area contributed by atoms with Crippen LogP contribution in [0.4, 0.5) is 11.4 Å². The molecule has 8 nitrogen and oxygen atoms in total. The molecule has 1 atom stereocenters. The summed E-state index contributed by atoms with van der Waals surface area (Å²) in [6.45, 7) is 1.38. The van der Waals surface area contributed by atoms with Gasteiger partial charge in [0.2, 0.25) is 23.6 Å². The number of benzene rings is 2. The molecule has 32 heavy (non-hydrogen) atoms. The van der Waals surface area contributed by atoms with Gasteiger partial charge in [-0.25, -0.2) is 0 Å². The van der Waals surface area contributed by atoms with E-state index in [1.165, 1.54) is 0 Å². The predicted octanol–water partition coefficient (Wildman–Crippen LogP) is 2.02. The zero-order valence-electron chi connectivity index (χ0n) is 17.7. The van der Waals surface area contributed by atoms with Crippen molar-refractivity contribution >= 4 is 35.0 Å². The molecule has 2 fully saturated rings. The van der Waals surface area contributed by atoms with E-state index in [0.717, 1.165) is 5.69 Å². The number of nitrogens with zero attached hydrogens (tertiary/aromatic N) is 2. The van der Waals surface area contributed by atoms with Gasteiger partial charge >= 0.3 is 0 Å². The lowest BCUT2D eigenvalue weighted by molar-refractivity contribution is -0.138. The van der Waals surface area contributed by atoms with E-state index < -0.39 is 5.91 Å². The maximum atomic E-state index is 13.0. The zero-order valence-corrected chi connectivity index (χ0v) is 17.7. The molecule has 0 saturated carbocycles. The zero-order chi connectivity index (χ0) is 22.7. The molecule has 0 radical (unpaired) electrons. The second-order valence-electron chi connectivity index (χ2n) is 8.27. The molecule has 3 N–H and O–H groups in total. The Labute approximate surface area is 186 Å². The van der Waals surface area contributed by atoms with Gasteiger partial charge in [0.15, 0.2) is 0 Å². The number of hydrogen-bond donors (Lipinski definition) is 2. The average molecular weight is 434 g/mol. The van der Waals surface area contributed by atoms with Gasteiger partial charge in [0.05, 0.1) is 5.92 Å². The summed E-state index contributed by atoms with van der Waals surface area (Å²) < 4.78 is 0. The number of amides is 4. The van der Waals surface area contributed by atoms with E-state index in [0.29, 0.717) is 43.7 Å². The van der Waals surface area contributed by atoms with Crippen LogP contribution in [0.5, 0.6) is 0 Å². The van der Waals surface area contributed by atoms with Crippen molar-refractivity contribution < 1.29 is 19.2 Å². The molecular formula is C24H26N4O4. The summed E-state index contributed by atoms with van der Waals surface area (Å²) >= 11 is 0. The van der Waals surface area contributed by atoms with Crippen molar-refractivity contribution in [2.75, 3.05) is 29.9 Å². The average Bonchev–Trinajstić information content (AvgIpc) is 3.21. The molecule has 2 aromatic carbocycles. The fourth-order valence-electron chi connectivity index (χ4n) is 4.31. The molecule has 2 heterocycles. The van der Waals surface area contributed by atoms with Crippen LogP contribution in [0.3, 0.4) is 0 Å². The first kappa shape index (κ1) is 21.5. The first-order valence-corrected chi connectivity index (χ1v) is 10.8. The molecule has 0 aromatic heterocycles. The van der Waals surface area contributed by atoms with Gasteiger partial charge < -0.3 is 20.9 Å². The summed E-state index contributed by atoms with van der Waals surface area (Å²) in [5.74, 6) is -1.22. The van der Waals surface area contributed by atoms with Gasteiger partial charge in [-0.15, -0.1) is 0 Å². The number of rotatable bonds is 5. The third-order valence-corrected chi connectivity index (χ3v) is 6.16. The number of primary amides is 1. The van der Waals surface area contributed by atoms with Crippen molar-refractivity contribution in [3.8, 4) is 0 Å². The number of piperidine rings is 1. The molecule has 1 unspecified atom stereocenters. The summed E-state index contributed by atoms with van der Waals surface area (Å²) in [7, 11) is 0. The maximum Gasteiger partial charge on any atom is 0.248 e. The summed E-state index contributed by atoms with van der Waals surface area (Å²) in [6, 6.07) is 15.8. The van der Waals surface area contributed by atoms with Crippen LogP contribution in [0, 0.1) is 11.8 Å². The Kier molecular flexibility index (Phi) is 6.20. The topological polar surface area (TPSA) is 113 Å². The van der Waals surface area contributed by atoms with Gasteiger partial charge in [-0.1, -0.05) is 18.2 Å². The Hall–Kier alpha value is -3.68. The standard InChI is InChI=1S/C24H26N4O4/c25-22(30)16-6-8-19(9-7-16)26-23(31)17-10-12-27(13-11-17)24(32)18-14-21(29)28(15-18)20-4-2-1-3-5-20/h1-9,17-18H,10-15H2,(H2,25,30)(H,26,31). The highest BCUT2D eigenvalue weighted by Crippen LogP contribution is 2.28. The Balaban J connectivity index is 1.28. The lowest BCUT2D eigenvalue weighted by Gasteiger charge is -2.33. The summed E-state index contributed by atoms with van der Waals surface area (Å²) in [5.41, 5.74) is 7.02. The van der Waals surface area contributed by atoms with Crippen LogP contribution in [0.2, 0.25) is 0 Å². The first-order valence-electron chi connectivity index (χ1n) is 10.8. The first-order chi connectivity index (χ1) is 15.4. The summed E-state index contributed by atoms with van der Waals surface area (Å²) in [4.78, 5) is 52.6. The van der Waals surface area contributed by atoms with Gasteiger partial charge in [-0.3, -0.25) is 19.2 Å². The van der Waals surface area contributed by atoms with Gasteiger partial charge in [-0.2, -0.15) is 0 Å². The van der Waals surface area contributed by atoms with E-state index in [2.05, 4.69) is 5.32 Å². The number of nitrogens with two attached hydrogens (primary N) is 1. The van der Waals surface area contributed by atoms with Crippen LogP contribution < -0.4 is 16.0 Å². The number of nitrogens with one attached hydrogen (secondary N) is 1. The quantitative estimate of drug-likeness (QED) is 0.749. The van der Waals surface area contributed by atoms with Crippen molar-refractivity contribution in [1.82, 2.24) is 4.90 Å². The van der Waals surface area contributed by atoms with E-state index in [-0.39, 0.29) is 36.0 Å². The Morgan fingerprint density at radius 2 is 1.56 bits per heavy atom. The van der Waals surface area contributed by atoms with Crippen molar-refractivity contribution in [3.05, 3.63) is 60.2 Å². The van der Waals surface area contributed by atoms with Crippen molar-refractivity contribution in [2.24, 2.45) is 17.6 Å².